The zero-order valence-electron chi connectivity index (χ0n) is 11.4. The molecule has 108 valence electrons. The maximum absolute atomic E-state index is 12.0. The summed E-state index contributed by atoms with van der Waals surface area (Å²) in [5.41, 5.74) is 0.960. The van der Waals surface area contributed by atoms with E-state index in [1.54, 1.807) is 6.07 Å². The van der Waals surface area contributed by atoms with Crippen LogP contribution in [0.1, 0.15) is 18.5 Å². The molecule has 0 saturated carbocycles. The van der Waals surface area contributed by atoms with Crippen molar-refractivity contribution in [2.75, 3.05) is 26.2 Å². The van der Waals surface area contributed by atoms with Gasteiger partial charge >= 0.3 is 0 Å². The first-order valence-electron chi connectivity index (χ1n) is 6.58. The highest BCUT2D eigenvalue weighted by molar-refractivity contribution is 6.30. The number of carbonyl (C=O) groups excluding carboxylic acids is 2. The van der Waals surface area contributed by atoms with E-state index in [9.17, 15) is 9.59 Å². The van der Waals surface area contributed by atoms with E-state index >= 15 is 0 Å². The molecule has 5 nitrogen and oxygen atoms in total. The molecule has 1 aromatic carbocycles. The van der Waals surface area contributed by atoms with E-state index in [2.05, 4.69) is 10.6 Å². The largest absolute Gasteiger partial charge is 0.354 e. The Hall–Kier alpha value is -1.59. The summed E-state index contributed by atoms with van der Waals surface area (Å²) in [6.45, 7) is 3.71. The standard InChI is InChI=1S/C14H18ClN3O2/c1-10(11-3-2-4-12(15)7-11)17-14(20)9-18-6-5-16-13(19)8-18/h2-4,7,10H,5-6,8-9H2,1H3,(H,16,19)(H,17,20)/t10-/m0/s1. The summed E-state index contributed by atoms with van der Waals surface area (Å²) in [5.74, 6) is -0.126. The fraction of sp³-hybridized carbons (Fsp3) is 0.429. The lowest BCUT2D eigenvalue weighted by atomic mass is 10.1. The van der Waals surface area contributed by atoms with Crippen LogP contribution in [-0.4, -0.2) is 42.9 Å². The Bertz CT molecular complexity index is 507. The van der Waals surface area contributed by atoms with Gasteiger partial charge in [0.15, 0.2) is 0 Å². The second kappa shape index (κ2) is 6.72. The molecule has 2 rings (SSSR count). The molecule has 0 radical (unpaired) electrons. The fourth-order valence-corrected chi connectivity index (χ4v) is 2.37. The Morgan fingerprint density at radius 1 is 1.55 bits per heavy atom. The van der Waals surface area contributed by atoms with Gasteiger partial charge < -0.3 is 10.6 Å². The van der Waals surface area contributed by atoms with Crippen LogP contribution >= 0.6 is 11.6 Å². The quantitative estimate of drug-likeness (QED) is 0.869. The normalized spacial score (nSPS) is 17.4. The summed E-state index contributed by atoms with van der Waals surface area (Å²) in [7, 11) is 0. The lowest BCUT2D eigenvalue weighted by Gasteiger charge is -2.26. The highest BCUT2D eigenvalue weighted by atomic mass is 35.5. The monoisotopic (exact) mass is 295 g/mol. The molecule has 1 atom stereocenters. The van der Waals surface area contributed by atoms with Crippen LogP contribution in [0.25, 0.3) is 0 Å². The Morgan fingerprint density at radius 2 is 2.35 bits per heavy atom. The molecule has 1 aromatic rings. The van der Waals surface area contributed by atoms with Gasteiger partial charge in [-0.1, -0.05) is 23.7 Å². The van der Waals surface area contributed by atoms with E-state index in [0.29, 0.717) is 18.1 Å². The Morgan fingerprint density at radius 3 is 3.05 bits per heavy atom. The molecular formula is C14H18ClN3O2. The number of carbonyl (C=O) groups is 2. The van der Waals surface area contributed by atoms with E-state index in [0.717, 1.165) is 5.56 Å². The van der Waals surface area contributed by atoms with Crippen molar-refractivity contribution < 1.29 is 9.59 Å². The minimum absolute atomic E-state index is 0.0352. The van der Waals surface area contributed by atoms with Crippen molar-refractivity contribution in [1.82, 2.24) is 15.5 Å². The van der Waals surface area contributed by atoms with E-state index in [4.69, 9.17) is 11.6 Å². The third-order valence-corrected chi connectivity index (χ3v) is 3.45. The average Bonchev–Trinajstić information content (AvgIpc) is 2.38. The predicted molar refractivity (Wildman–Crippen MR) is 77.5 cm³/mol. The van der Waals surface area contributed by atoms with Crippen molar-refractivity contribution >= 4 is 23.4 Å². The number of nitrogens with one attached hydrogen (secondary N) is 2. The van der Waals surface area contributed by atoms with Crippen molar-refractivity contribution in [2.45, 2.75) is 13.0 Å². The smallest absolute Gasteiger partial charge is 0.234 e. The number of piperazine rings is 1. The molecule has 1 heterocycles. The van der Waals surface area contributed by atoms with Gasteiger partial charge in [-0.3, -0.25) is 14.5 Å². The summed E-state index contributed by atoms with van der Waals surface area (Å²) in [6, 6.07) is 7.30. The van der Waals surface area contributed by atoms with Crippen LogP contribution in [0.4, 0.5) is 0 Å². The van der Waals surface area contributed by atoms with Gasteiger partial charge in [0.2, 0.25) is 11.8 Å². The van der Waals surface area contributed by atoms with E-state index in [1.165, 1.54) is 0 Å². The zero-order chi connectivity index (χ0) is 14.5. The number of rotatable bonds is 4. The summed E-state index contributed by atoms with van der Waals surface area (Å²) in [6.07, 6.45) is 0. The van der Waals surface area contributed by atoms with Crippen molar-refractivity contribution in [3.8, 4) is 0 Å². The Kier molecular flexibility index (Phi) is 4.98. The van der Waals surface area contributed by atoms with Gasteiger partial charge in [0.05, 0.1) is 19.1 Å². The number of halogens is 1. The molecule has 0 aliphatic carbocycles. The number of hydrogen-bond acceptors (Lipinski definition) is 3. The van der Waals surface area contributed by atoms with Crippen LogP contribution in [0.3, 0.4) is 0 Å². The second-order valence-electron chi connectivity index (χ2n) is 4.90. The predicted octanol–water partition coefficient (Wildman–Crippen LogP) is 0.949. The summed E-state index contributed by atoms with van der Waals surface area (Å²) in [4.78, 5) is 25.0. The van der Waals surface area contributed by atoms with Gasteiger partial charge in [-0.2, -0.15) is 0 Å². The topological polar surface area (TPSA) is 61.4 Å². The molecule has 2 amide bonds. The van der Waals surface area contributed by atoms with Crippen LogP contribution in [0.2, 0.25) is 5.02 Å². The van der Waals surface area contributed by atoms with Crippen molar-refractivity contribution in [3.63, 3.8) is 0 Å². The molecule has 0 unspecified atom stereocenters. The van der Waals surface area contributed by atoms with Gasteiger partial charge in [0.1, 0.15) is 0 Å². The minimum atomic E-state index is -0.111. The summed E-state index contributed by atoms with van der Waals surface area (Å²) >= 11 is 5.93. The van der Waals surface area contributed by atoms with Gasteiger partial charge in [-0.15, -0.1) is 0 Å². The minimum Gasteiger partial charge on any atom is -0.354 e. The molecule has 1 aliphatic heterocycles. The highest BCUT2D eigenvalue weighted by Crippen LogP contribution is 2.17. The Labute approximate surface area is 123 Å². The first kappa shape index (κ1) is 14.8. The molecule has 0 aromatic heterocycles. The van der Waals surface area contributed by atoms with Crippen molar-refractivity contribution in [3.05, 3.63) is 34.9 Å². The summed E-state index contributed by atoms with van der Waals surface area (Å²) < 4.78 is 0. The lowest BCUT2D eigenvalue weighted by Crippen LogP contribution is -2.50. The molecule has 0 bridgehead atoms. The van der Waals surface area contributed by atoms with Gasteiger partial charge in [-0.25, -0.2) is 0 Å². The lowest BCUT2D eigenvalue weighted by molar-refractivity contribution is -0.127. The SMILES string of the molecule is C[C@H](NC(=O)CN1CCNC(=O)C1)c1cccc(Cl)c1. The number of amides is 2. The molecular weight excluding hydrogens is 278 g/mol. The molecule has 1 aliphatic rings. The number of nitrogens with zero attached hydrogens (tertiary/aromatic N) is 1. The van der Waals surface area contributed by atoms with Crippen LogP contribution < -0.4 is 10.6 Å². The first-order chi connectivity index (χ1) is 9.54. The number of hydrogen-bond donors (Lipinski definition) is 2. The fourth-order valence-electron chi connectivity index (χ4n) is 2.18. The zero-order valence-corrected chi connectivity index (χ0v) is 12.1. The first-order valence-corrected chi connectivity index (χ1v) is 6.96. The van der Waals surface area contributed by atoms with Gasteiger partial charge in [0, 0.05) is 18.1 Å². The van der Waals surface area contributed by atoms with Gasteiger partial charge in [0.25, 0.3) is 0 Å². The van der Waals surface area contributed by atoms with Crippen LogP contribution in [-0.2, 0) is 9.59 Å². The van der Waals surface area contributed by atoms with Crippen LogP contribution in [0.5, 0.6) is 0 Å². The van der Waals surface area contributed by atoms with Crippen LogP contribution in [0.15, 0.2) is 24.3 Å². The van der Waals surface area contributed by atoms with E-state index in [-0.39, 0.29) is 30.9 Å². The maximum Gasteiger partial charge on any atom is 0.234 e. The molecule has 1 fully saturated rings. The van der Waals surface area contributed by atoms with E-state index < -0.39 is 0 Å². The van der Waals surface area contributed by atoms with Crippen molar-refractivity contribution in [1.29, 1.82) is 0 Å². The van der Waals surface area contributed by atoms with Crippen molar-refractivity contribution in [2.24, 2.45) is 0 Å². The van der Waals surface area contributed by atoms with Crippen LogP contribution in [0, 0.1) is 0 Å². The summed E-state index contributed by atoms with van der Waals surface area (Å²) in [5, 5.41) is 6.30. The Balaban J connectivity index is 1.86. The molecule has 1 saturated heterocycles. The molecule has 20 heavy (non-hydrogen) atoms. The van der Waals surface area contributed by atoms with Gasteiger partial charge in [-0.05, 0) is 24.6 Å². The second-order valence-corrected chi connectivity index (χ2v) is 5.34. The molecule has 6 heteroatoms. The maximum atomic E-state index is 12.0. The average molecular weight is 296 g/mol. The highest BCUT2D eigenvalue weighted by Gasteiger charge is 2.19. The number of benzene rings is 1. The molecule has 0 spiro atoms. The third kappa shape index (κ3) is 4.21. The van der Waals surface area contributed by atoms with E-state index in [1.807, 2.05) is 30.0 Å². The third-order valence-electron chi connectivity index (χ3n) is 3.21. The molecule has 2 N–H and O–H groups in total.